The molecule has 7 heteroatoms. The van der Waals surface area contributed by atoms with Crippen molar-refractivity contribution in [2.24, 2.45) is 0 Å². The molecule has 0 fully saturated rings. The summed E-state index contributed by atoms with van der Waals surface area (Å²) in [6.07, 6.45) is 1.63. The summed E-state index contributed by atoms with van der Waals surface area (Å²) in [7, 11) is 6.22. The third-order valence-electron chi connectivity index (χ3n) is 5.23. The van der Waals surface area contributed by atoms with Gasteiger partial charge in [0.2, 0.25) is 11.5 Å². The average molecular weight is 448 g/mol. The molecule has 0 saturated carbocycles. The molecule has 0 N–H and O–H groups in total. The summed E-state index contributed by atoms with van der Waals surface area (Å²) in [5.74, 6) is 3.20. The zero-order valence-corrected chi connectivity index (χ0v) is 18.8. The fourth-order valence-corrected chi connectivity index (χ4v) is 3.52. The van der Waals surface area contributed by atoms with Crippen molar-refractivity contribution in [2.45, 2.75) is 6.61 Å². The maximum atomic E-state index is 12.9. The second-order valence-electron chi connectivity index (χ2n) is 7.16. The summed E-state index contributed by atoms with van der Waals surface area (Å²) >= 11 is 0. The normalized spacial score (nSPS) is 13.3. The molecule has 4 rings (SSSR count). The van der Waals surface area contributed by atoms with E-state index in [9.17, 15) is 4.79 Å². The first-order valence-corrected chi connectivity index (χ1v) is 10.2. The predicted octanol–water partition coefficient (Wildman–Crippen LogP) is 4.92. The van der Waals surface area contributed by atoms with Gasteiger partial charge in [0.15, 0.2) is 17.3 Å². The quantitative estimate of drug-likeness (QED) is 0.453. The number of methoxy groups -OCH3 is 4. The van der Waals surface area contributed by atoms with Gasteiger partial charge in [-0.2, -0.15) is 0 Å². The molecule has 7 nitrogen and oxygen atoms in total. The smallest absolute Gasteiger partial charge is 0.231 e. The Morgan fingerprint density at radius 2 is 1.52 bits per heavy atom. The number of rotatable bonds is 8. The SMILES string of the molecule is COc1ccc(COc2ccc3c(c2)OC(=Cc2ccc(OC)c(OC)c2OC)C3=O)cc1. The molecule has 1 aliphatic heterocycles. The van der Waals surface area contributed by atoms with Crippen molar-refractivity contribution in [1.29, 1.82) is 0 Å². The molecule has 0 atom stereocenters. The number of hydrogen-bond acceptors (Lipinski definition) is 7. The van der Waals surface area contributed by atoms with E-state index in [2.05, 4.69) is 0 Å². The van der Waals surface area contributed by atoms with Crippen LogP contribution in [0.4, 0.5) is 0 Å². The highest BCUT2D eigenvalue weighted by molar-refractivity contribution is 6.14. The molecule has 3 aromatic rings. The summed E-state index contributed by atoms with van der Waals surface area (Å²) in [5, 5.41) is 0. The minimum absolute atomic E-state index is 0.183. The molecule has 0 spiro atoms. The molecule has 0 radical (unpaired) electrons. The van der Waals surface area contributed by atoms with E-state index >= 15 is 0 Å². The highest BCUT2D eigenvalue weighted by atomic mass is 16.5. The minimum Gasteiger partial charge on any atom is -0.497 e. The van der Waals surface area contributed by atoms with Gasteiger partial charge in [0.1, 0.15) is 23.9 Å². The lowest BCUT2D eigenvalue weighted by Crippen LogP contribution is -2.00. The molecular formula is C26H24O7. The van der Waals surface area contributed by atoms with Gasteiger partial charge in [0, 0.05) is 11.6 Å². The molecule has 0 aliphatic carbocycles. The number of carbonyl (C=O) groups excluding carboxylic acids is 1. The fourth-order valence-electron chi connectivity index (χ4n) is 3.52. The third-order valence-corrected chi connectivity index (χ3v) is 5.23. The Kier molecular flexibility index (Phi) is 6.40. The van der Waals surface area contributed by atoms with Crippen molar-refractivity contribution < 1.29 is 33.2 Å². The number of ketones is 1. The van der Waals surface area contributed by atoms with E-state index in [1.165, 1.54) is 14.2 Å². The van der Waals surface area contributed by atoms with E-state index in [-0.39, 0.29) is 11.5 Å². The molecule has 3 aromatic carbocycles. The van der Waals surface area contributed by atoms with Crippen molar-refractivity contribution in [3.63, 3.8) is 0 Å². The van der Waals surface area contributed by atoms with Crippen molar-refractivity contribution in [1.82, 2.24) is 0 Å². The Morgan fingerprint density at radius 3 is 2.18 bits per heavy atom. The van der Waals surface area contributed by atoms with Crippen molar-refractivity contribution >= 4 is 11.9 Å². The van der Waals surface area contributed by atoms with Gasteiger partial charge in [-0.1, -0.05) is 12.1 Å². The Bertz CT molecular complexity index is 1200. The van der Waals surface area contributed by atoms with Crippen LogP contribution in [0.2, 0.25) is 0 Å². The molecule has 0 saturated heterocycles. The van der Waals surface area contributed by atoms with E-state index < -0.39 is 0 Å². The van der Waals surface area contributed by atoms with Crippen molar-refractivity contribution in [3.05, 3.63) is 77.0 Å². The first-order valence-electron chi connectivity index (χ1n) is 10.2. The summed E-state index contributed by atoms with van der Waals surface area (Å²) in [6.45, 7) is 0.377. The maximum absolute atomic E-state index is 12.9. The number of allylic oxidation sites excluding steroid dienone is 1. The zero-order valence-electron chi connectivity index (χ0n) is 18.8. The van der Waals surface area contributed by atoms with Crippen LogP contribution in [0.25, 0.3) is 6.08 Å². The lowest BCUT2D eigenvalue weighted by atomic mass is 10.1. The van der Waals surface area contributed by atoms with Crippen LogP contribution in [0.3, 0.4) is 0 Å². The summed E-state index contributed by atoms with van der Waals surface area (Å²) in [5.41, 5.74) is 2.09. The molecule has 0 unspecified atom stereocenters. The molecule has 0 aromatic heterocycles. The van der Waals surface area contributed by atoms with Crippen LogP contribution < -0.4 is 28.4 Å². The van der Waals surface area contributed by atoms with Crippen LogP contribution in [0.15, 0.2) is 60.4 Å². The second-order valence-corrected chi connectivity index (χ2v) is 7.16. The molecular weight excluding hydrogens is 424 g/mol. The van der Waals surface area contributed by atoms with Gasteiger partial charge >= 0.3 is 0 Å². The Balaban J connectivity index is 1.54. The standard InChI is InChI=1S/C26H24O7/c1-28-18-8-5-16(6-9-18)15-32-19-10-11-20-22(14-19)33-23(24(20)27)13-17-7-12-21(29-2)26(31-4)25(17)30-3/h5-14H,15H2,1-4H3. The van der Waals surface area contributed by atoms with Crippen LogP contribution in [0.1, 0.15) is 21.5 Å². The molecule has 1 heterocycles. The number of benzene rings is 3. The fraction of sp³-hybridized carbons (Fsp3) is 0.192. The van der Waals surface area contributed by atoms with E-state index in [0.717, 1.165) is 11.3 Å². The second kappa shape index (κ2) is 9.56. The van der Waals surface area contributed by atoms with E-state index in [1.807, 2.05) is 24.3 Å². The van der Waals surface area contributed by atoms with Crippen LogP contribution in [-0.4, -0.2) is 34.2 Å². The lowest BCUT2D eigenvalue weighted by Gasteiger charge is -2.14. The summed E-state index contributed by atoms with van der Waals surface area (Å²) in [6, 6.07) is 16.3. The average Bonchev–Trinajstić information content (AvgIpc) is 3.16. The monoisotopic (exact) mass is 448 g/mol. The molecule has 0 bridgehead atoms. The van der Waals surface area contributed by atoms with E-state index in [1.54, 1.807) is 50.6 Å². The summed E-state index contributed by atoms with van der Waals surface area (Å²) < 4.78 is 33.1. The van der Waals surface area contributed by atoms with Crippen LogP contribution in [0.5, 0.6) is 34.5 Å². The van der Waals surface area contributed by atoms with Gasteiger partial charge in [0.05, 0.1) is 34.0 Å². The van der Waals surface area contributed by atoms with Gasteiger partial charge < -0.3 is 28.4 Å². The minimum atomic E-state index is -0.219. The lowest BCUT2D eigenvalue weighted by molar-refractivity contribution is 0.101. The predicted molar refractivity (Wildman–Crippen MR) is 123 cm³/mol. The largest absolute Gasteiger partial charge is 0.497 e. The first kappa shape index (κ1) is 22.1. The van der Waals surface area contributed by atoms with Crippen molar-refractivity contribution in [2.75, 3.05) is 28.4 Å². The van der Waals surface area contributed by atoms with Crippen LogP contribution >= 0.6 is 0 Å². The number of ether oxygens (including phenoxy) is 6. The van der Waals surface area contributed by atoms with E-state index in [0.29, 0.717) is 46.5 Å². The molecule has 33 heavy (non-hydrogen) atoms. The topological polar surface area (TPSA) is 72.5 Å². The molecule has 0 amide bonds. The van der Waals surface area contributed by atoms with Gasteiger partial charge in [0.25, 0.3) is 0 Å². The first-order chi connectivity index (χ1) is 16.1. The molecule has 1 aliphatic rings. The van der Waals surface area contributed by atoms with Crippen LogP contribution in [0, 0.1) is 0 Å². The van der Waals surface area contributed by atoms with Gasteiger partial charge in [-0.3, -0.25) is 4.79 Å². The van der Waals surface area contributed by atoms with Gasteiger partial charge in [-0.05, 0) is 48.0 Å². The Morgan fingerprint density at radius 1 is 0.788 bits per heavy atom. The van der Waals surface area contributed by atoms with Gasteiger partial charge in [-0.15, -0.1) is 0 Å². The number of Topliss-reactive ketones (excluding diaryl/α,β-unsaturated/α-hetero) is 1. The highest BCUT2D eigenvalue weighted by Gasteiger charge is 2.28. The highest BCUT2D eigenvalue weighted by Crippen LogP contribution is 2.42. The van der Waals surface area contributed by atoms with Gasteiger partial charge in [-0.25, -0.2) is 0 Å². The van der Waals surface area contributed by atoms with Crippen LogP contribution in [-0.2, 0) is 6.61 Å². The third kappa shape index (κ3) is 4.43. The maximum Gasteiger partial charge on any atom is 0.231 e. The number of hydrogen-bond donors (Lipinski definition) is 0. The number of carbonyl (C=O) groups is 1. The van der Waals surface area contributed by atoms with E-state index in [4.69, 9.17) is 28.4 Å². The zero-order chi connectivity index (χ0) is 23.4. The molecule has 170 valence electrons. The Labute approximate surface area is 192 Å². The Hall–Kier alpha value is -4.13. The van der Waals surface area contributed by atoms with Crippen molar-refractivity contribution in [3.8, 4) is 34.5 Å². The number of fused-ring (bicyclic) bond motifs is 1. The summed E-state index contributed by atoms with van der Waals surface area (Å²) in [4.78, 5) is 12.9.